The third-order valence-electron chi connectivity index (χ3n) is 4.56. The van der Waals surface area contributed by atoms with Crippen LogP contribution in [0.25, 0.3) is 0 Å². The van der Waals surface area contributed by atoms with Crippen LogP contribution in [0.1, 0.15) is 20.8 Å². The van der Waals surface area contributed by atoms with Gasteiger partial charge in [0.15, 0.2) is 16.6 Å². The molecule has 0 saturated heterocycles. The van der Waals surface area contributed by atoms with E-state index in [2.05, 4.69) is 19.6 Å². The lowest BCUT2D eigenvalue weighted by Gasteiger charge is -2.34. The van der Waals surface area contributed by atoms with Crippen molar-refractivity contribution in [3.63, 3.8) is 0 Å². The van der Waals surface area contributed by atoms with Crippen LogP contribution in [0.4, 0.5) is 18.9 Å². The van der Waals surface area contributed by atoms with E-state index in [1.54, 1.807) is 28.8 Å². The minimum absolute atomic E-state index is 0.0115. The Kier molecular flexibility index (Phi) is 9.77. The van der Waals surface area contributed by atoms with Gasteiger partial charge in [0.25, 0.3) is 0 Å². The molecule has 0 aromatic heterocycles. The number of amides is 2. The summed E-state index contributed by atoms with van der Waals surface area (Å²) in [4.78, 5) is 24.8. The molecular weight excluding hydrogens is 469 g/mol. The Hall–Kier alpha value is -1.86. The van der Waals surface area contributed by atoms with Crippen molar-refractivity contribution in [3.05, 3.63) is 24.3 Å². The van der Waals surface area contributed by atoms with E-state index in [1.807, 2.05) is 19.6 Å². The summed E-state index contributed by atoms with van der Waals surface area (Å²) >= 11 is 0. The second kappa shape index (κ2) is 11.0. The van der Waals surface area contributed by atoms with E-state index in [-0.39, 0.29) is 19.1 Å². The Morgan fingerprint density at radius 3 is 1.88 bits per heavy atom. The van der Waals surface area contributed by atoms with Crippen molar-refractivity contribution in [1.82, 2.24) is 4.90 Å². The smallest absolute Gasteiger partial charge is 0.471 e. The minimum Gasteiger partial charge on any atom is -0.491 e. The molecule has 1 rings (SSSR count). The van der Waals surface area contributed by atoms with Crippen molar-refractivity contribution in [2.24, 2.45) is 0 Å². The molecular formula is C22H37F3N2O4Si2. The van der Waals surface area contributed by atoms with Gasteiger partial charge in [-0.15, -0.1) is 0 Å². The normalized spacial score (nSPS) is 13.6. The highest BCUT2D eigenvalue weighted by atomic mass is 28.4. The van der Waals surface area contributed by atoms with E-state index in [4.69, 9.17) is 9.16 Å². The fourth-order valence-electron chi connectivity index (χ4n) is 3.46. The zero-order chi connectivity index (χ0) is 25.8. The number of carbonyl (C=O) groups is 2. The van der Waals surface area contributed by atoms with Crippen LogP contribution in [0.15, 0.2) is 24.3 Å². The van der Waals surface area contributed by atoms with Crippen LogP contribution in [-0.2, 0) is 14.0 Å². The molecule has 6 nitrogen and oxygen atoms in total. The summed E-state index contributed by atoms with van der Waals surface area (Å²) in [5, 5.41) is 0. The van der Waals surface area contributed by atoms with E-state index >= 15 is 0 Å². The summed E-state index contributed by atoms with van der Waals surface area (Å²) in [5.74, 6) is -1.42. The minimum atomic E-state index is -4.95. The highest BCUT2D eigenvalue weighted by Gasteiger charge is 2.44. The zero-order valence-corrected chi connectivity index (χ0v) is 23.0. The van der Waals surface area contributed by atoms with Crippen molar-refractivity contribution >= 4 is 34.1 Å². The molecule has 0 spiro atoms. The lowest BCUT2D eigenvalue weighted by molar-refractivity contribution is -0.188. The van der Waals surface area contributed by atoms with Crippen LogP contribution in [0, 0.1) is 0 Å². The predicted molar refractivity (Wildman–Crippen MR) is 130 cm³/mol. The molecule has 0 heterocycles. The SMILES string of the molecule is CC(=O)N(c1ccc(OCC(CN(C(=O)C(F)(F)F)C(C)C)O[Si](C)(C)C)cc1)[Si](C)(C)C. The molecule has 0 aliphatic heterocycles. The van der Waals surface area contributed by atoms with E-state index in [9.17, 15) is 22.8 Å². The van der Waals surface area contributed by atoms with Gasteiger partial charge in [0.05, 0.1) is 6.10 Å². The lowest BCUT2D eigenvalue weighted by Crippen LogP contribution is -2.51. The Labute approximate surface area is 197 Å². The molecule has 1 unspecified atom stereocenters. The van der Waals surface area contributed by atoms with Gasteiger partial charge in [0.1, 0.15) is 12.4 Å². The van der Waals surface area contributed by atoms with Gasteiger partial charge >= 0.3 is 12.1 Å². The van der Waals surface area contributed by atoms with E-state index in [0.29, 0.717) is 5.75 Å². The van der Waals surface area contributed by atoms with Gasteiger partial charge < -0.3 is 18.6 Å². The molecule has 1 atom stereocenters. The van der Waals surface area contributed by atoms with Crippen molar-refractivity contribution in [1.29, 1.82) is 0 Å². The summed E-state index contributed by atoms with van der Waals surface area (Å²) in [6.07, 6.45) is -5.68. The van der Waals surface area contributed by atoms with Crippen LogP contribution >= 0.6 is 0 Å². The average Bonchev–Trinajstić information content (AvgIpc) is 2.60. The number of halogens is 3. The number of hydrogen-bond acceptors (Lipinski definition) is 4. The summed E-state index contributed by atoms with van der Waals surface area (Å²) in [6, 6.07) is 6.37. The molecule has 0 aliphatic carbocycles. The molecule has 1 aromatic carbocycles. The quantitative estimate of drug-likeness (QED) is 0.406. The molecule has 0 aliphatic rings. The van der Waals surface area contributed by atoms with Gasteiger partial charge in [-0.2, -0.15) is 13.2 Å². The molecule has 188 valence electrons. The molecule has 33 heavy (non-hydrogen) atoms. The second-order valence-electron chi connectivity index (χ2n) is 10.2. The number of rotatable bonds is 10. The van der Waals surface area contributed by atoms with Crippen LogP contribution in [0.5, 0.6) is 5.75 Å². The average molecular weight is 507 g/mol. The van der Waals surface area contributed by atoms with Crippen LogP contribution in [0.2, 0.25) is 39.3 Å². The Bertz CT molecular complexity index is 804. The van der Waals surface area contributed by atoms with E-state index < -0.39 is 40.8 Å². The molecule has 2 amide bonds. The Morgan fingerprint density at radius 1 is 1.00 bits per heavy atom. The molecule has 11 heteroatoms. The van der Waals surface area contributed by atoms with E-state index in [1.165, 1.54) is 20.8 Å². The number of nitrogens with zero attached hydrogens (tertiary/aromatic N) is 2. The number of anilines is 1. The largest absolute Gasteiger partial charge is 0.491 e. The van der Waals surface area contributed by atoms with Gasteiger partial charge in [-0.25, -0.2) is 0 Å². The molecule has 0 bridgehead atoms. The van der Waals surface area contributed by atoms with Gasteiger partial charge in [-0.1, -0.05) is 19.6 Å². The maximum atomic E-state index is 13.1. The fraction of sp³-hybridized carbons (Fsp3) is 0.636. The zero-order valence-electron chi connectivity index (χ0n) is 21.0. The Balaban J connectivity index is 3.02. The maximum Gasteiger partial charge on any atom is 0.471 e. The maximum absolute atomic E-state index is 13.1. The van der Waals surface area contributed by atoms with Gasteiger partial charge in [0.2, 0.25) is 5.91 Å². The van der Waals surface area contributed by atoms with Crippen molar-refractivity contribution in [3.8, 4) is 5.75 Å². The van der Waals surface area contributed by atoms with Crippen molar-refractivity contribution in [2.75, 3.05) is 17.7 Å². The summed E-state index contributed by atoms with van der Waals surface area (Å²) in [6.45, 7) is 16.3. The highest BCUT2D eigenvalue weighted by molar-refractivity contribution is 6.83. The van der Waals surface area contributed by atoms with Crippen LogP contribution in [0.3, 0.4) is 0 Å². The standard InChI is InChI=1S/C22H37F3N2O4Si2/c1-16(2)26(21(29)22(23,24)25)14-20(31-33(7,8)9)15-30-19-12-10-18(11-13-19)27(17(3)28)32(4,5)6/h10-13,16,20H,14-15H2,1-9H3. The predicted octanol–water partition coefficient (Wildman–Crippen LogP) is 5.27. The first-order valence-corrected chi connectivity index (χ1v) is 17.8. The first-order chi connectivity index (χ1) is 14.8. The molecule has 0 radical (unpaired) electrons. The number of alkyl halides is 3. The first kappa shape index (κ1) is 29.2. The summed E-state index contributed by atoms with van der Waals surface area (Å²) in [7, 11) is -4.07. The van der Waals surface area contributed by atoms with E-state index in [0.717, 1.165) is 10.6 Å². The van der Waals surface area contributed by atoms with Crippen molar-refractivity contribution in [2.45, 2.75) is 78.4 Å². The number of ether oxygens (including phenoxy) is 1. The second-order valence-corrected chi connectivity index (χ2v) is 19.5. The molecule has 0 fully saturated rings. The summed E-state index contributed by atoms with van der Waals surface area (Å²) in [5.41, 5.74) is 0.769. The van der Waals surface area contributed by atoms with Gasteiger partial charge in [-0.05, 0) is 57.8 Å². The summed E-state index contributed by atoms with van der Waals surface area (Å²) < 4.78 is 52.9. The third kappa shape index (κ3) is 9.50. The van der Waals surface area contributed by atoms with Gasteiger partial charge in [-0.3, -0.25) is 9.59 Å². The number of hydrogen-bond donors (Lipinski definition) is 0. The monoisotopic (exact) mass is 506 g/mol. The first-order valence-electron chi connectivity index (χ1n) is 10.9. The van der Waals surface area contributed by atoms with Crippen LogP contribution < -0.4 is 9.30 Å². The number of carbonyl (C=O) groups excluding carboxylic acids is 2. The molecule has 1 aromatic rings. The number of benzene rings is 1. The molecule has 0 N–H and O–H groups in total. The third-order valence-corrected chi connectivity index (χ3v) is 7.52. The lowest BCUT2D eigenvalue weighted by atomic mass is 10.2. The topological polar surface area (TPSA) is 59.1 Å². The van der Waals surface area contributed by atoms with Gasteiger partial charge in [0, 0.05) is 25.2 Å². The highest BCUT2D eigenvalue weighted by Crippen LogP contribution is 2.25. The fourth-order valence-corrected chi connectivity index (χ4v) is 6.47. The molecule has 0 saturated carbocycles. The van der Waals surface area contributed by atoms with Crippen molar-refractivity contribution < 1.29 is 31.9 Å². The Morgan fingerprint density at radius 2 is 1.52 bits per heavy atom. The van der Waals surface area contributed by atoms with Crippen LogP contribution in [-0.4, -0.2) is 64.7 Å².